The standard InChI is InChI=1S/C12H9N3OS2/c1-15-11(16)9-3-2-5-13-10(9)18-12(15)14-8-4-6-17-7-8/h2-7H,1H3. The van der Waals surface area contributed by atoms with Crippen LogP contribution in [0.3, 0.4) is 0 Å². The molecule has 0 unspecified atom stereocenters. The average Bonchev–Trinajstić information content (AvgIpc) is 2.89. The molecule has 3 heterocycles. The largest absolute Gasteiger partial charge is 0.287 e. The Kier molecular flexibility index (Phi) is 2.81. The van der Waals surface area contributed by atoms with Crippen LogP contribution < -0.4 is 10.4 Å². The van der Waals surface area contributed by atoms with Crippen molar-refractivity contribution in [2.45, 2.75) is 0 Å². The van der Waals surface area contributed by atoms with Gasteiger partial charge in [0.25, 0.3) is 5.56 Å². The van der Waals surface area contributed by atoms with Gasteiger partial charge in [-0.1, -0.05) is 11.3 Å². The van der Waals surface area contributed by atoms with E-state index in [1.165, 1.54) is 11.3 Å². The minimum Gasteiger partial charge on any atom is -0.287 e. The van der Waals surface area contributed by atoms with Crippen LogP contribution in [0.1, 0.15) is 0 Å². The highest BCUT2D eigenvalue weighted by molar-refractivity contribution is 7.15. The van der Waals surface area contributed by atoms with Crippen molar-refractivity contribution >= 4 is 38.6 Å². The molecule has 90 valence electrons. The first-order chi connectivity index (χ1) is 8.75. The number of aromatic nitrogens is 2. The number of thiophene rings is 1. The molecule has 3 rings (SSSR count). The molecule has 3 aromatic rings. The molecule has 0 aromatic carbocycles. The molecule has 18 heavy (non-hydrogen) atoms. The molecule has 0 spiro atoms. The van der Waals surface area contributed by atoms with E-state index in [0.717, 1.165) is 10.5 Å². The van der Waals surface area contributed by atoms with Crippen molar-refractivity contribution in [2.75, 3.05) is 0 Å². The zero-order valence-corrected chi connectivity index (χ0v) is 11.2. The van der Waals surface area contributed by atoms with Gasteiger partial charge in [-0.3, -0.25) is 9.36 Å². The Morgan fingerprint density at radius 2 is 2.28 bits per heavy atom. The number of hydrogen-bond acceptors (Lipinski definition) is 5. The van der Waals surface area contributed by atoms with Crippen molar-refractivity contribution in [3.8, 4) is 0 Å². The molecule has 0 aliphatic carbocycles. The molecule has 0 bridgehead atoms. The van der Waals surface area contributed by atoms with Crippen molar-refractivity contribution in [3.05, 3.63) is 50.3 Å². The second-order valence-electron chi connectivity index (χ2n) is 3.70. The van der Waals surface area contributed by atoms with Crippen LogP contribution in [0.15, 0.2) is 44.9 Å². The predicted octanol–water partition coefficient (Wildman–Crippen LogP) is 2.29. The van der Waals surface area contributed by atoms with Gasteiger partial charge in [0.1, 0.15) is 4.83 Å². The van der Waals surface area contributed by atoms with E-state index >= 15 is 0 Å². The first-order valence-corrected chi connectivity index (χ1v) is 7.03. The predicted molar refractivity (Wildman–Crippen MR) is 74.4 cm³/mol. The topological polar surface area (TPSA) is 47.2 Å². The third-order valence-corrected chi connectivity index (χ3v) is 4.25. The summed E-state index contributed by atoms with van der Waals surface area (Å²) in [6.45, 7) is 0. The third-order valence-electron chi connectivity index (χ3n) is 2.51. The summed E-state index contributed by atoms with van der Waals surface area (Å²) >= 11 is 3.00. The van der Waals surface area contributed by atoms with Gasteiger partial charge in [0.2, 0.25) is 0 Å². The summed E-state index contributed by atoms with van der Waals surface area (Å²) in [7, 11) is 1.73. The van der Waals surface area contributed by atoms with Crippen LogP contribution in [-0.4, -0.2) is 9.55 Å². The first-order valence-electron chi connectivity index (χ1n) is 5.27. The van der Waals surface area contributed by atoms with Crippen molar-refractivity contribution in [3.63, 3.8) is 0 Å². The molecule has 0 radical (unpaired) electrons. The first kappa shape index (κ1) is 11.3. The summed E-state index contributed by atoms with van der Waals surface area (Å²) in [5, 5.41) is 4.54. The van der Waals surface area contributed by atoms with Gasteiger partial charge in [0.05, 0.1) is 11.1 Å². The fourth-order valence-electron chi connectivity index (χ4n) is 1.59. The molecule has 0 saturated carbocycles. The van der Waals surface area contributed by atoms with E-state index < -0.39 is 0 Å². The maximum atomic E-state index is 12.1. The molecule has 0 fully saturated rings. The van der Waals surface area contributed by atoms with Crippen LogP contribution >= 0.6 is 22.7 Å². The van der Waals surface area contributed by atoms with Crippen LogP contribution in [0, 0.1) is 0 Å². The van der Waals surface area contributed by atoms with Gasteiger partial charge in [-0.15, -0.1) is 0 Å². The van der Waals surface area contributed by atoms with Crippen molar-refractivity contribution < 1.29 is 0 Å². The number of fused-ring (bicyclic) bond motifs is 1. The van der Waals surface area contributed by atoms with E-state index in [2.05, 4.69) is 9.98 Å². The van der Waals surface area contributed by atoms with Crippen LogP contribution in [0.4, 0.5) is 5.69 Å². The van der Waals surface area contributed by atoms with Crippen molar-refractivity contribution in [2.24, 2.45) is 12.0 Å². The van der Waals surface area contributed by atoms with Gasteiger partial charge < -0.3 is 0 Å². The Morgan fingerprint density at radius 1 is 1.39 bits per heavy atom. The summed E-state index contributed by atoms with van der Waals surface area (Å²) in [4.78, 5) is 22.2. The number of hydrogen-bond donors (Lipinski definition) is 0. The molecule has 3 aromatic heterocycles. The Bertz CT molecular complexity index is 815. The summed E-state index contributed by atoms with van der Waals surface area (Å²) in [6.07, 6.45) is 1.69. The van der Waals surface area contributed by atoms with E-state index in [4.69, 9.17) is 0 Å². The lowest BCUT2D eigenvalue weighted by molar-refractivity contribution is 0.833. The molecule has 4 nitrogen and oxygen atoms in total. The molecule has 0 aliphatic heterocycles. The zero-order valence-electron chi connectivity index (χ0n) is 9.53. The van der Waals surface area contributed by atoms with Gasteiger partial charge >= 0.3 is 0 Å². The fraction of sp³-hybridized carbons (Fsp3) is 0.0833. The second-order valence-corrected chi connectivity index (χ2v) is 5.43. The monoisotopic (exact) mass is 275 g/mol. The molecule has 0 amide bonds. The molecular formula is C12H9N3OS2. The lowest BCUT2D eigenvalue weighted by Gasteiger charge is -2.00. The number of nitrogens with zero attached hydrogens (tertiary/aromatic N) is 3. The maximum absolute atomic E-state index is 12.1. The Morgan fingerprint density at radius 3 is 3.06 bits per heavy atom. The van der Waals surface area contributed by atoms with Crippen LogP contribution in [0.2, 0.25) is 0 Å². The lowest BCUT2D eigenvalue weighted by Crippen LogP contribution is -2.28. The van der Waals surface area contributed by atoms with E-state index in [1.807, 2.05) is 16.8 Å². The Balaban J connectivity index is 2.38. The highest BCUT2D eigenvalue weighted by Gasteiger charge is 2.04. The Hall–Kier alpha value is -1.79. The lowest BCUT2D eigenvalue weighted by atomic mass is 10.4. The van der Waals surface area contributed by atoms with E-state index in [1.54, 1.807) is 41.3 Å². The SMILES string of the molecule is Cn1c(=Nc2ccsc2)sc2ncccc2c1=O. The summed E-state index contributed by atoms with van der Waals surface area (Å²) in [5.41, 5.74) is 0.798. The van der Waals surface area contributed by atoms with Crippen LogP contribution in [0.5, 0.6) is 0 Å². The van der Waals surface area contributed by atoms with Gasteiger partial charge in [-0.25, -0.2) is 9.98 Å². The number of rotatable bonds is 1. The van der Waals surface area contributed by atoms with Gasteiger partial charge in [-0.2, -0.15) is 11.3 Å². The molecule has 0 atom stereocenters. The third kappa shape index (κ3) is 1.89. The van der Waals surface area contributed by atoms with Gasteiger partial charge in [-0.05, 0) is 23.6 Å². The summed E-state index contributed by atoms with van der Waals surface area (Å²) in [6, 6.07) is 5.48. The minimum atomic E-state index is -0.0640. The average molecular weight is 275 g/mol. The van der Waals surface area contributed by atoms with E-state index in [0.29, 0.717) is 10.2 Å². The highest BCUT2D eigenvalue weighted by atomic mass is 32.1. The van der Waals surface area contributed by atoms with Gasteiger partial charge in [0.15, 0.2) is 4.80 Å². The fourth-order valence-corrected chi connectivity index (χ4v) is 3.08. The smallest absolute Gasteiger partial charge is 0.262 e. The maximum Gasteiger partial charge on any atom is 0.262 e. The number of pyridine rings is 1. The second kappa shape index (κ2) is 4.47. The molecule has 0 N–H and O–H groups in total. The molecule has 0 saturated heterocycles. The highest BCUT2D eigenvalue weighted by Crippen LogP contribution is 2.15. The normalized spacial score (nSPS) is 12.2. The van der Waals surface area contributed by atoms with Crippen molar-refractivity contribution in [1.82, 2.24) is 9.55 Å². The van der Waals surface area contributed by atoms with Crippen LogP contribution in [-0.2, 0) is 7.05 Å². The quantitative estimate of drug-likeness (QED) is 0.684. The summed E-state index contributed by atoms with van der Waals surface area (Å²) < 4.78 is 1.56. The van der Waals surface area contributed by atoms with E-state index in [9.17, 15) is 4.79 Å². The minimum absolute atomic E-state index is 0.0640. The molecule has 0 aliphatic rings. The van der Waals surface area contributed by atoms with Crippen molar-refractivity contribution in [1.29, 1.82) is 0 Å². The van der Waals surface area contributed by atoms with Gasteiger partial charge in [0, 0.05) is 18.6 Å². The molecular weight excluding hydrogens is 266 g/mol. The van der Waals surface area contributed by atoms with Crippen LogP contribution in [0.25, 0.3) is 10.2 Å². The zero-order chi connectivity index (χ0) is 12.5. The van der Waals surface area contributed by atoms with E-state index in [-0.39, 0.29) is 5.56 Å². The Labute approximate surface area is 111 Å². The molecule has 6 heteroatoms. The summed E-state index contributed by atoms with van der Waals surface area (Å²) in [5.74, 6) is 0.